The molecule has 1 atom stereocenters. The molecule has 1 saturated heterocycles. The predicted molar refractivity (Wildman–Crippen MR) is 153 cm³/mol. The van der Waals surface area contributed by atoms with Gasteiger partial charge in [0, 0.05) is 11.4 Å². The topological polar surface area (TPSA) is 76.7 Å². The Morgan fingerprint density at radius 2 is 1.74 bits per heavy atom. The summed E-state index contributed by atoms with van der Waals surface area (Å²) in [6, 6.07) is 10.4. The summed E-state index contributed by atoms with van der Waals surface area (Å²) in [6.07, 6.45) is 5.20. The minimum Gasteiger partial charge on any atom is -0.444 e. The number of amides is 1. The molecule has 1 saturated carbocycles. The number of rotatable bonds is 4. The molecule has 7 nitrogen and oxygen atoms in total. The van der Waals surface area contributed by atoms with Crippen molar-refractivity contribution in [3.63, 3.8) is 0 Å². The molecule has 5 rings (SSSR count). The number of fused-ring (bicyclic) bond motifs is 3. The van der Waals surface area contributed by atoms with E-state index in [-0.39, 0.29) is 29.4 Å². The normalized spacial score (nSPS) is 20.7. The van der Waals surface area contributed by atoms with Crippen LogP contribution in [0.15, 0.2) is 30.3 Å². The Morgan fingerprint density at radius 3 is 2.37 bits per heavy atom. The average molecular weight is 519 g/mol. The van der Waals surface area contributed by atoms with Gasteiger partial charge in [0.1, 0.15) is 11.4 Å². The second-order valence-corrected chi connectivity index (χ2v) is 13.0. The Labute approximate surface area is 226 Å². The van der Waals surface area contributed by atoms with Gasteiger partial charge in [-0.25, -0.2) is 9.78 Å². The maximum Gasteiger partial charge on any atom is 0.494 e. The number of H-pyrrole nitrogens is 1. The van der Waals surface area contributed by atoms with Gasteiger partial charge in [0.05, 0.1) is 28.3 Å². The molecule has 1 aromatic heterocycles. The van der Waals surface area contributed by atoms with Crippen LogP contribution >= 0.6 is 0 Å². The quantitative estimate of drug-likeness (QED) is 0.391. The highest BCUT2D eigenvalue weighted by Crippen LogP contribution is 2.37. The number of ether oxygens (including phenoxy) is 1. The van der Waals surface area contributed by atoms with Crippen LogP contribution in [0.2, 0.25) is 0 Å². The van der Waals surface area contributed by atoms with Crippen molar-refractivity contribution in [3.05, 3.63) is 36.2 Å². The van der Waals surface area contributed by atoms with Crippen LogP contribution in [0.5, 0.6) is 0 Å². The molecule has 2 fully saturated rings. The number of imidazole rings is 1. The van der Waals surface area contributed by atoms with E-state index in [0.29, 0.717) is 0 Å². The number of benzene rings is 2. The van der Waals surface area contributed by atoms with Crippen molar-refractivity contribution in [2.24, 2.45) is 0 Å². The monoisotopic (exact) mass is 519 g/mol. The molecule has 0 unspecified atom stereocenters. The lowest BCUT2D eigenvalue weighted by Crippen LogP contribution is -2.45. The number of carbonyl (C=O) groups is 1. The highest BCUT2D eigenvalue weighted by Gasteiger charge is 2.51. The summed E-state index contributed by atoms with van der Waals surface area (Å²) in [7, 11) is -0.409. The van der Waals surface area contributed by atoms with E-state index in [9.17, 15) is 4.79 Å². The van der Waals surface area contributed by atoms with E-state index < -0.39 is 12.7 Å². The van der Waals surface area contributed by atoms with Crippen LogP contribution in [0.3, 0.4) is 0 Å². The van der Waals surface area contributed by atoms with Crippen LogP contribution in [0, 0.1) is 0 Å². The van der Waals surface area contributed by atoms with Gasteiger partial charge in [-0.2, -0.15) is 0 Å². The zero-order valence-corrected chi connectivity index (χ0v) is 24.2. The maximum absolute atomic E-state index is 13.4. The first kappa shape index (κ1) is 27.0. The van der Waals surface area contributed by atoms with Crippen LogP contribution in [-0.4, -0.2) is 50.9 Å². The second kappa shape index (κ2) is 9.56. The van der Waals surface area contributed by atoms with E-state index in [4.69, 9.17) is 19.0 Å². The zero-order chi connectivity index (χ0) is 27.5. The fraction of sp³-hybridized carbons (Fsp3) is 0.600. The molecule has 1 aliphatic heterocycles. The van der Waals surface area contributed by atoms with Crippen LogP contribution < -0.4 is 5.46 Å². The number of hydrogen-bond donors (Lipinski definition) is 1. The lowest BCUT2D eigenvalue weighted by Gasteiger charge is -2.38. The van der Waals surface area contributed by atoms with Gasteiger partial charge in [0.2, 0.25) is 0 Å². The second-order valence-electron chi connectivity index (χ2n) is 13.0. The molecule has 0 radical (unpaired) electrons. The molecular weight excluding hydrogens is 477 g/mol. The predicted octanol–water partition coefficient (Wildman–Crippen LogP) is 6.65. The highest BCUT2D eigenvalue weighted by atomic mass is 16.7. The summed E-state index contributed by atoms with van der Waals surface area (Å²) in [5.74, 6) is 0.777. The first-order chi connectivity index (χ1) is 17.8. The standard InChI is InChI=1S/C30H42BN3O4/c1-19(34(22-12-10-9-11-13-22)27(35)36-28(2,3)4)26-32-24-17-14-20-18-21(15-16-23(20)25(24)33-26)31-37-29(5,6)30(7,8)38-31/h14-19,22H,9-13H2,1-8H3,(H,32,33)/t19-/m0/s1. The van der Waals surface area contributed by atoms with Crippen molar-refractivity contribution in [3.8, 4) is 0 Å². The number of nitrogens with one attached hydrogen (secondary N) is 1. The van der Waals surface area contributed by atoms with Crippen molar-refractivity contribution >= 4 is 40.5 Å². The SMILES string of the molecule is C[C@@H](c1nc2c(ccc3cc(B4OC(C)(C)C(C)(C)O4)ccc32)[nH]1)N(C(=O)OC(C)(C)C)C1CCCCC1. The van der Waals surface area contributed by atoms with Gasteiger partial charge in [-0.05, 0) is 85.1 Å². The molecule has 1 aliphatic carbocycles. The first-order valence-corrected chi connectivity index (χ1v) is 14.0. The van der Waals surface area contributed by atoms with Gasteiger partial charge in [0.25, 0.3) is 0 Å². The van der Waals surface area contributed by atoms with Gasteiger partial charge in [0.15, 0.2) is 0 Å². The molecule has 8 heteroatoms. The van der Waals surface area contributed by atoms with Crippen molar-refractivity contribution in [1.29, 1.82) is 0 Å². The van der Waals surface area contributed by atoms with Gasteiger partial charge in [-0.15, -0.1) is 0 Å². The Morgan fingerprint density at radius 1 is 1.08 bits per heavy atom. The minimum absolute atomic E-state index is 0.154. The number of nitrogens with zero attached hydrogens (tertiary/aromatic N) is 2. The van der Waals surface area contributed by atoms with Crippen molar-refractivity contribution in [1.82, 2.24) is 14.9 Å². The smallest absolute Gasteiger partial charge is 0.444 e. The van der Waals surface area contributed by atoms with E-state index in [0.717, 1.165) is 58.8 Å². The van der Waals surface area contributed by atoms with Crippen LogP contribution in [0.25, 0.3) is 21.8 Å². The third kappa shape index (κ3) is 5.05. The first-order valence-electron chi connectivity index (χ1n) is 14.0. The minimum atomic E-state index is -0.553. The van der Waals surface area contributed by atoms with Gasteiger partial charge >= 0.3 is 13.2 Å². The zero-order valence-electron chi connectivity index (χ0n) is 24.2. The molecule has 38 heavy (non-hydrogen) atoms. The highest BCUT2D eigenvalue weighted by molar-refractivity contribution is 6.62. The third-order valence-electron chi connectivity index (χ3n) is 8.42. The van der Waals surface area contributed by atoms with E-state index >= 15 is 0 Å². The largest absolute Gasteiger partial charge is 0.494 e. The van der Waals surface area contributed by atoms with Gasteiger partial charge in [-0.1, -0.05) is 43.5 Å². The van der Waals surface area contributed by atoms with E-state index in [2.05, 4.69) is 69.9 Å². The lowest BCUT2D eigenvalue weighted by molar-refractivity contribution is 0.000820. The molecule has 204 valence electrons. The van der Waals surface area contributed by atoms with E-state index in [1.807, 2.05) is 25.7 Å². The van der Waals surface area contributed by atoms with Crippen LogP contribution in [0.4, 0.5) is 4.79 Å². The van der Waals surface area contributed by atoms with Crippen molar-refractivity contribution < 1.29 is 18.8 Å². The molecule has 2 heterocycles. The molecule has 2 aliphatic rings. The summed E-state index contributed by atoms with van der Waals surface area (Å²) < 4.78 is 18.4. The van der Waals surface area contributed by atoms with Crippen LogP contribution in [-0.2, 0) is 14.0 Å². The number of aromatic amines is 1. The fourth-order valence-corrected chi connectivity index (χ4v) is 5.59. The number of aromatic nitrogens is 2. The molecule has 2 aromatic carbocycles. The van der Waals surface area contributed by atoms with E-state index in [1.165, 1.54) is 6.42 Å². The molecular formula is C30H42BN3O4. The summed E-state index contributed by atoms with van der Waals surface area (Å²) in [6.45, 7) is 16.1. The maximum atomic E-state index is 13.4. The Kier molecular flexibility index (Phi) is 6.80. The molecule has 0 spiro atoms. The van der Waals surface area contributed by atoms with Crippen molar-refractivity contribution in [2.75, 3.05) is 0 Å². The molecule has 1 N–H and O–H groups in total. The van der Waals surface area contributed by atoms with Crippen LogP contribution in [0.1, 0.15) is 99.4 Å². The number of hydrogen-bond acceptors (Lipinski definition) is 5. The fourth-order valence-electron chi connectivity index (χ4n) is 5.59. The molecule has 0 bridgehead atoms. The average Bonchev–Trinajstić information content (AvgIpc) is 3.36. The Hall–Kier alpha value is -2.58. The van der Waals surface area contributed by atoms with Crippen molar-refractivity contribution in [2.45, 2.75) is 116 Å². The molecule has 3 aromatic rings. The summed E-state index contributed by atoms with van der Waals surface area (Å²) >= 11 is 0. The number of carbonyl (C=O) groups excluding carboxylic acids is 1. The Balaban J connectivity index is 1.47. The van der Waals surface area contributed by atoms with Gasteiger partial charge in [-0.3, -0.25) is 4.90 Å². The summed E-state index contributed by atoms with van der Waals surface area (Å²) in [5.41, 5.74) is 1.52. The summed E-state index contributed by atoms with van der Waals surface area (Å²) in [5, 5.41) is 2.13. The summed E-state index contributed by atoms with van der Waals surface area (Å²) in [4.78, 5) is 23.9. The lowest BCUT2D eigenvalue weighted by atomic mass is 9.78. The Bertz CT molecular complexity index is 1320. The van der Waals surface area contributed by atoms with Gasteiger partial charge < -0.3 is 19.0 Å². The third-order valence-corrected chi connectivity index (χ3v) is 8.42. The molecule has 1 amide bonds. The van der Waals surface area contributed by atoms with E-state index in [1.54, 1.807) is 0 Å².